The molecule has 1 aromatic rings. The average Bonchev–Trinajstić information content (AvgIpc) is 2.89. The summed E-state index contributed by atoms with van der Waals surface area (Å²) in [7, 11) is 0. The van der Waals surface area contributed by atoms with Gasteiger partial charge in [-0.25, -0.2) is 0 Å². The Morgan fingerprint density at radius 2 is 1.92 bits per heavy atom. The van der Waals surface area contributed by atoms with Gasteiger partial charge in [-0.15, -0.1) is 0 Å². The molecule has 0 aliphatic carbocycles. The first-order chi connectivity index (χ1) is 10.8. The number of aryl methyl sites for hydroxylation is 1. The summed E-state index contributed by atoms with van der Waals surface area (Å²) < 4.78 is 0. The number of anilines is 1. The third kappa shape index (κ3) is 4.97. The lowest BCUT2D eigenvalue weighted by Crippen LogP contribution is -3.06. The minimum Gasteiger partial charge on any atom is -1.00 e. The molecule has 1 aliphatic heterocycles. The van der Waals surface area contributed by atoms with E-state index in [9.17, 15) is 4.79 Å². The van der Waals surface area contributed by atoms with Crippen molar-refractivity contribution in [1.82, 2.24) is 0 Å². The van der Waals surface area contributed by atoms with Crippen molar-refractivity contribution in [3.63, 3.8) is 0 Å². The molecule has 4 heteroatoms. The maximum atomic E-state index is 12.5. The van der Waals surface area contributed by atoms with E-state index in [0.717, 1.165) is 18.7 Å². The Hall–Kier alpha value is -1.06. The van der Waals surface area contributed by atoms with Crippen molar-refractivity contribution < 1.29 is 22.1 Å². The van der Waals surface area contributed by atoms with Crippen LogP contribution in [-0.2, 0) is 11.2 Å². The van der Waals surface area contributed by atoms with Crippen molar-refractivity contribution >= 4 is 17.3 Å². The number of fused-ring (bicyclic) bond motifs is 1. The van der Waals surface area contributed by atoms with Gasteiger partial charge in [0, 0.05) is 17.4 Å². The molecule has 0 fully saturated rings. The fourth-order valence-electron chi connectivity index (χ4n) is 3.25. The molecule has 0 spiro atoms. The molecular weight excluding hydrogens is 320 g/mol. The zero-order valence-electron chi connectivity index (χ0n) is 15.9. The molecule has 3 nitrogen and oxygen atoms in total. The number of amides is 1. The summed E-state index contributed by atoms with van der Waals surface area (Å²) in [6.07, 6.45) is 6.30. The first-order valence-electron chi connectivity index (χ1n) is 9.13. The molecule has 0 radical (unpaired) electrons. The standard InChI is InChI=1S/C20H32N2O.ClH/c1-6-7-8-9-13-22-14-12-16-11-10-15(2)17(18(16)22)21-19(23)20(3,4)5;/h10-11H,6-9,12-14H2,1-5H3,(H,21,23);1H. The van der Waals surface area contributed by atoms with Gasteiger partial charge in [-0.2, -0.15) is 0 Å². The Bertz CT molecular complexity index is 563. The van der Waals surface area contributed by atoms with E-state index in [1.165, 1.54) is 49.0 Å². The second kappa shape index (κ2) is 8.87. The van der Waals surface area contributed by atoms with Crippen LogP contribution in [0.4, 0.5) is 11.4 Å². The summed E-state index contributed by atoms with van der Waals surface area (Å²) in [5, 5.41) is 3.22. The summed E-state index contributed by atoms with van der Waals surface area (Å²) >= 11 is 0. The molecule has 2 rings (SSSR count). The molecule has 1 atom stereocenters. The lowest BCUT2D eigenvalue weighted by Gasteiger charge is -2.22. The summed E-state index contributed by atoms with van der Waals surface area (Å²) in [6.45, 7) is 12.6. The summed E-state index contributed by atoms with van der Waals surface area (Å²) in [5.74, 6) is 0.103. The number of unbranched alkanes of at least 4 members (excludes halogenated alkanes) is 3. The van der Waals surface area contributed by atoms with Crippen LogP contribution in [-0.4, -0.2) is 19.0 Å². The van der Waals surface area contributed by atoms with Crippen LogP contribution in [0.3, 0.4) is 0 Å². The zero-order chi connectivity index (χ0) is 17.0. The van der Waals surface area contributed by atoms with Gasteiger partial charge in [0.2, 0.25) is 5.91 Å². The molecule has 0 saturated heterocycles. The molecule has 24 heavy (non-hydrogen) atoms. The van der Waals surface area contributed by atoms with E-state index in [0.29, 0.717) is 0 Å². The van der Waals surface area contributed by atoms with Crippen LogP contribution in [0.15, 0.2) is 12.1 Å². The molecule has 1 amide bonds. The number of rotatable bonds is 6. The van der Waals surface area contributed by atoms with Crippen LogP contribution in [0.1, 0.15) is 64.5 Å². The monoisotopic (exact) mass is 352 g/mol. The Morgan fingerprint density at radius 3 is 2.54 bits per heavy atom. The third-order valence-electron chi connectivity index (χ3n) is 4.80. The lowest BCUT2D eigenvalue weighted by molar-refractivity contribution is -0.825. The highest BCUT2D eigenvalue weighted by molar-refractivity contribution is 5.97. The Labute approximate surface area is 153 Å². The fourth-order valence-corrected chi connectivity index (χ4v) is 3.25. The topological polar surface area (TPSA) is 33.5 Å². The number of hydrogen-bond acceptors (Lipinski definition) is 1. The number of quaternary nitrogens is 1. The number of carbonyl (C=O) groups excluding carboxylic acids is 1. The minimum atomic E-state index is -0.366. The van der Waals surface area contributed by atoms with Crippen LogP contribution >= 0.6 is 0 Å². The van der Waals surface area contributed by atoms with Crippen molar-refractivity contribution in [3.05, 3.63) is 23.3 Å². The second-order valence-corrected chi connectivity index (χ2v) is 7.91. The molecule has 136 valence electrons. The first kappa shape index (κ1) is 21.0. The van der Waals surface area contributed by atoms with Crippen molar-refractivity contribution in [1.29, 1.82) is 0 Å². The van der Waals surface area contributed by atoms with Gasteiger partial charge in [0.25, 0.3) is 0 Å². The summed E-state index contributed by atoms with van der Waals surface area (Å²) in [6, 6.07) is 4.40. The molecule has 0 bridgehead atoms. The molecular formula is C20H33ClN2O. The largest absolute Gasteiger partial charge is 1.00 e. The van der Waals surface area contributed by atoms with E-state index in [1.54, 1.807) is 4.90 Å². The van der Waals surface area contributed by atoms with Crippen LogP contribution in [0.25, 0.3) is 0 Å². The van der Waals surface area contributed by atoms with Crippen molar-refractivity contribution in [2.24, 2.45) is 5.41 Å². The van der Waals surface area contributed by atoms with Gasteiger partial charge in [0.15, 0.2) is 5.69 Å². The number of halogens is 1. The first-order valence-corrected chi connectivity index (χ1v) is 9.13. The number of hydrogen-bond donors (Lipinski definition) is 2. The van der Waals surface area contributed by atoms with Crippen LogP contribution in [0.2, 0.25) is 0 Å². The minimum absolute atomic E-state index is 0. The van der Waals surface area contributed by atoms with Gasteiger partial charge >= 0.3 is 0 Å². The van der Waals surface area contributed by atoms with Gasteiger partial charge < -0.3 is 22.6 Å². The summed E-state index contributed by atoms with van der Waals surface area (Å²) in [4.78, 5) is 14.0. The highest BCUT2D eigenvalue weighted by Crippen LogP contribution is 2.31. The predicted molar refractivity (Wildman–Crippen MR) is 97.5 cm³/mol. The van der Waals surface area contributed by atoms with E-state index in [2.05, 4.69) is 31.3 Å². The molecule has 1 unspecified atom stereocenters. The van der Waals surface area contributed by atoms with Crippen LogP contribution in [0, 0.1) is 12.3 Å². The van der Waals surface area contributed by atoms with Crippen molar-refractivity contribution in [3.8, 4) is 0 Å². The molecule has 1 aromatic carbocycles. The third-order valence-corrected chi connectivity index (χ3v) is 4.80. The quantitative estimate of drug-likeness (QED) is 0.724. The van der Waals surface area contributed by atoms with Gasteiger partial charge in [-0.05, 0) is 25.3 Å². The Balaban J connectivity index is 0.00000288. The van der Waals surface area contributed by atoms with Gasteiger partial charge in [-0.3, -0.25) is 4.79 Å². The average molecular weight is 353 g/mol. The van der Waals surface area contributed by atoms with Crippen molar-refractivity contribution in [2.45, 2.75) is 66.7 Å². The van der Waals surface area contributed by atoms with Crippen LogP contribution < -0.4 is 22.6 Å². The molecule has 0 saturated carbocycles. The molecule has 2 N–H and O–H groups in total. The second-order valence-electron chi connectivity index (χ2n) is 7.91. The zero-order valence-corrected chi connectivity index (χ0v) is 16.6. The predicted octanol–water partition coefficient (Wildman–Crippen LogP) is 0.636. The van der Waals surface area contributed by atoms with E-state index < -0.39 is 0 Å². The SMILES string of the molecule is CCCCCC[NH+]1CCc2ccc(C)c(NC(=O)C(C)(C)C)c21.[Cl-]. The van der Waals surface area contributed by atoms with Gasteiger partial charge in [0.1, 0.15) is 5.69 Å². The normalized spacial score (nSPS) is 16.5. The highest BCUT2D eigenvalue weighted by atomic mass is 35.5. The van der Waals surface area contributed by atoms with E-state index in [4.69, 9.17) is 0 Å². The van der Waals surface area contributed by atoms with Crippen LogP contribution in [0.5, 0.6) is 0 Å². The number of benzene rings is 1. The fraction of sp³-hybridized carbons (Fsp3) is 0.650. The number of nitrogens with one attached hydrogen (secondary N) is 2. The van der Waals surface area contributed by atoms with E-state index in [-0.39, 0.29) is 23.7 Å². The number of carbonyl (C=O) groups is 1. The summed E-state index contributed by atoms with van der Waals surface area (Å²) in [5.41, 5.74) is 4.62. The van der Waals surface area contributed by atoms with Gasteiger partial charge in [0.05, 0.1) is 13.1 Å². The maximum Gasteiger partial charge on any atom is 0.229 e. The molecule has 1 heterocycles. The van der Waals surface area contributed by atoms with Crippen molar-refractivity contribution in [2.75, 3.05) is 18.4 Å². The van der Waals surface area contributed by atoms with Gasteiger partial charge in [-0.1, -0.05) is 52.7 Å². The van der Waals surface area contributed by atoms with E-state index >= 15 is 0 Å². The Morgan fingerprint density at radius 1 is 1.21 bits per heavy atom. The van der Waals surface area contributed by atoms with E-state index in [1.807, 2.05) is 20.8 Å². The highest BCUT2D eigenvalue weighted by Gasteiger charge is 2.31. The lowest BCUT2D eigenvalue weighted by atomic mass is 9.95. The molecule has 0 aromatic heterocycles. The Kier molecular flexibility index (Phi) is 7.75. The molecule has 1 aliphatic rings. The smallest absolute Gasteiger partial charge is 0.229 e. The maximum absolute atomic E-state index is 12.5.